The molecule has 0 aliphatic heterocycles. The van der Waals surface area contributed by atoms with Crippen molar-refractivity contribution in [1.29, 1.82) is 0 Å². The monoisotopic (exact) mass is 483 g/mol. The molecule has 0 aliphatic rings. The zero-order valence-corrected chi connectivity index (χ0v) is 22.5. The smallest absolute Gasteiger partial charge is 0.245 e. The van der Waals surface area contributed by atoms with Crippen molar-refractivity contribution in [2.75, 3.05) is 20.6 Å². The van der Waals surface area contributed by atoms with E-state index in [0.29, 0.717) is 5.57 Å². The summed E-state index contributed by atoms with van der Waals surface area (Å²) in [4.78, 5) is 39.8. The van der Waals surface area contributed by atoms with Crippen molar-refractivity contribution in [3.05, 3.63) is 47.7 Å². The number of primary amides is 1. The number of nitrogens with zero attached hydrogens (tertiary/aromatic N) is 2. The van der Waals surface area contributed by atoms with E-state index in [1.54, 1.807) is 27.1 Å². The molecule has 8 nitrogen and oxygen atoms in total. The number of hydrogen-bond acceptors (Lipinski definition) is 4. The highest BCUT2D eigenvalue weighted by atomic mass is 16.2. The summed E-state index contributed by atoms with van der Waals surface area (Å²) < 4.78 is 2.06. The summed E-state index contributed by atoms with van der Waals surface area (Å²) in [6.45, 7) is 11.6. The molecular weight excluding hydrogens is 442 g/mol. The molecule has 0 saturated carbocycles. The number of carbonyl (C=O) groups excluding carboxylic acids is 3. The van der Waals surface area contributed by atoms with Gasteiger partial charge < -0.3 is 25.8 Å². The first-order valence-electron chi connectivity index (χ1n) is 11.9. The molecule has 2 rings (SSSR count). The molecule has 0 bridgehead atoms. The van der Waals surface area contributed by atoms with Crippen molar-refractivity contribution in [3.8, 4) is 0 Å². The number of aromatic nitrogens is 1. The summed E-state index contributed by atoms with van der Waals surface area (Å²) in [7, 11) is 5.40. The molecule has 1 heterocycles. The molecule has 8 heteroatoms. The maximum atomic E-state index is 13.7. The van der Waals surface area contributed by atoms with Crippen molar-refractivity contribution < 1.29 is 14.4 Å². The lowest BCUT2D eigenvalue weighted by Crippen LogP contribution is -2.60. The Kier molecular flexibility index (Phi) is 8.55. The number of amides is 3. The lowest BCUT2D eigenvalue weighted by Gasteiger charge is -2.38. The summed E-state index contributed by atoms with van der Waals surface area (Å²) in [6.07, 6.45) is 3.68. The van der Waals surface area contributed by atoms with Gasteiger partial charge in [-0.1, -0.05) is 58.9 Å². The second kappa shape index (κ2) is 10.6. The molecule has 192 valence electrons. The second-order valence-corrected chi connectivity index (χ2v) is 10.9. The van der Waals surface area contributed by atoms with Crippen LogP contribution in [0.3, 0.4) is 0 Å². The molecule has 4 N–H and O–H groups in total. The number of nitrogens with two attached hydrogens (primary N) is 1. The average molecular weight is 484 g/mol. The summed E-state index contributed by atoms with van der Waals surface area (Å²) >= 11 is 0. The Balaban J connectivity index is 2.34. The Morgan fingerprint density at radius 3 is 2.26 bits per heavy atom. The van der Waals surface area contributed by atoms with E-state index in [4.69, 9.17) is 5.73 Å². The van der Waals surface area contributed by atoms with Crippen LogP contribution in [-0.4, -0.2) is 59.9 Å². The average Bonchev–Trinajstić information content (AvgIpc) is 3.12. The van der Waals surface area contributed by atoms with E-state index >= 15 is 0 Å². The first kappa shape index (κ1) is 28.1. The molecule has 35 heavy (non-hydrogen) atoms. The first-order chi connectivity index (χ1) is 16.1. The number of aryl methyl sites for hydroxylation is 1. The maximum absolute atomic E-state index is 13.7. The minimum Gasteiger partial charge on any atom is -0.366 e. The Morgan fingerprint density at radius 2 is 1.71 bits per heavy atom. The normalized spacial score (nSPS) is 14.5. The van der Waals surface area contributed by atoms with Gasteiger partial charge in [0.1, 0.15) is 6.04 Å². The number of fused-ring (bicyclic) bond motifs is 1. The van der Waals surface area contributed by atoms with E-state index in [1.165, 1.54) is 4.90 Å². The second-order valence-electron chi connectivity index (χ2n) is 10.9. The third kappa shape index (κ3) is 6.11. The standard InChI is InChI=1S/C27H41N5O3/c1-17(23(28)33)14-15-31(8)25(35)22(26(2,3)4)30-24(34)21(29-7)27(5,6)19-16-32(9)20-13-11-10-12-18(19)20/h10-14,16,21-22,29H,15H2,1-9H3,(H2,28,33)(H,30,34)/b17-14+. The lowest BCUT2D eigenvalue weighted by atomic mass is 9.76. The van der Waals surface area contributed by atoms with Gasteiger partial charge in [-0.05, 0) is 31.0 Å². The van der Waals surface area contributed by atoms with Crippen LogP contribution in [-0.2, 0) is 26.8 Å². The van der Waals surface area contributed by atoms with E-state index in [1.807, 2.05) is 53.8 Å². The van der Waals surface area contributed by atoms with Crippen molar-refractivity contribution in [1.82, 2.24) is 20.1 Å². The molecule has 0 fully saturated rings. The van der Waals surface area contributed by atoms with Gasteiger partial charge in [-0.25, -0.2) is 0 Å². The van der Waals surface area contributed by atoms with E-state index in [9.17, 15) is 14.4 Å². The molecule has 3 amide bonds. The number of para-hydroxylation sites is 1. The van der Waals surface area contributed by atoms with Crippen molar-refractivity contribution in [2.45, 2.75) is 59.0 Å². The van der Waals surface area contributed by atoms with E-state index in [-0.39, 0.29) is 18.4 Å². The molecule has 0 spiro atoms. The Hall–Kier alpha value is -3.13. The molecule has 0 radical (unpaired) electrons. The quantitative estimate of drug-likeness (QED) is 0.476. The minimum atomic E-state index is -0.763. The van der Waals surface area contributed by atoms with E-state index in [2.05, 4.69) is 33.5 Å². The van der Waals surface area contributed by atoms with Crippen LogP contribution in [0.2, 0.25) is 0 Å². The largest absolute Gasteiger partial charge is 0.366 e. The van der Waals surface area contributed by atoms with Crippen molar-refractivity contribution in [2.24, 2.45) is 18.2 Å². The van der Waals surface area contributed by atoms with Crippen LogP contribution < -0.4 is 16.4 Å². The maximum Gasteiger partial charge on any atom is 0.245 e. The highest BCUT2D eigenvalue weighted by Gasteiger charge is 2.41. The summed E-state index contributed by atoms with van der Waals surface area (Å²) in [6, 6.07) is 6.76. The number of rotatable bonds is 9. The van der Waals surface area contributed by atoms with Crippen LogP contribution in [0.5, 0.6) is 0 Å². The van der Waals surface area contributed by atoms with Gasteiger partial charge in [0.25, 0.3) is 0 Å². The number of nitrogens with one attached hydrogen (secondary N) is 2. The third-order valence-corrected chi connectivity index (χ3v) is 6.70. The van der Waals surface area contributed by atoms with Gasteiger partial charge in [0.05, 0.1) is 6.04 Å². The number of hydrogen-bond donors (Lipinski definition) is 3. The molecule has 0 aliphatic carbocycles. The zero-order valence-electron chi connectivity index (χ0n) is 22.5. The number of carbonyl (C=O) groups is 3. The molecule has 2 unspecified atom stereocenters. The highest BCUT2D eigenvalue weighted by Crippen LogP contribution is 2.34. The summed E-state index contributed by atoms with van der Waals surface area (Å²) in [5.74, 6) is -1.02. The molecule has 1 aromatic carbocycles. The predicted octanol–water partition coefficient (Wildman–Crippen LogP) is 2.46. The van der Waals surface area contributed by atoms with Crippen LogP contribution in [0.1, 0.15) is 47.1 Å². The van der Waals surface area contributed by atoms with E-state index in [0.717, 1.165) is 16.5 Å². The van der Waals surface area contributed by atoms with Gasteiger partial charge in [-0.15, -0.1) is 0 Å². The fourth-order valence-electron chi connectivity index (χ4n) is 4.39. The van der Waals surface area contributed by atoms with Crippen LogP contribution in [0.25, 0.3) is 10.9 Å². The van der Waals surface area contributed by atoms with Crippen LogP contribution in [0.15, 0.2) is 42.1 Å². The van der Waals surface area contributed by atoms with E-state index < -0.39 is 28.8 Å². The van der Waals surface area contributed by atoms with Crippen LogP contribution in [0, 0.1) is 5.41 Å². The Morgan fingerprint density at radius 1 is 1.11 bits per heavy atom. The Bertz CT molecular complexity index is 1120. The van der Waals surface area contributed by atoms with Crippen molar-refractivity contribution >= 4 is 28.6 Å². The molecule has 0 saturated heterocycles. The summed E-state index contributed by atoms with van der Waals surface area (Å²) in [5, 5.41) is 7.29. The Labute approximate surface area is 208 Å². The van der Waals surface area contributed by atoms with Crippen LogP contribution in [0.4, 0.5) is 0 Å². The zero-order chi connectivity index (χ0) is 26.7. The van der Waals surface area contributed by atoms with Gasteiger partial charge in [-0.2, -0.15) is 0 Å². The van der Waals surface area contributed by atoms with Gasteiger partial charge in [0.2, 0.25) is 17.7 Å². The molecular formula is C27H41N5O3. The topological polar surface area (TPSA) is 109 Å². The fraction of sp³-hybridized carbons (Fsp3) is 0.519. The molecule has 1 aromatic heterocycles. The fourth-order valence-corrected chi connectivity index (χ4v) is 4.39. The van der Waals surface area contributed by atoms with Gasteiger partial charge >= 0.3 is 0 Å². The van der Waals surface area contributed by atoms with Crippen LogP contribution >= 0.6 is 0 Å². The lowest BCUT2D eigenvalue weighted by molar-refractivity contribution is -0.139. The van der Waals surface area contributed by atoms with Gasteiger partial charge in [-0.3, -0.25) is 14.4 Å². The third-order valence-electron chi connectivity index (χ3n) is 6.70. The minimum absolute atomic E-state index is 0.215. The number of benzene rings is 1. The molecule has 2 atom stereocenters. The first-order valence-corrected chi connectivity index (χ1v) is 11.9. The van der Waals surface area contributed by atoms with Gasteiger partial charge in [0.15, 0.2) is 0 Å². The SMILES string of the molecule is CNC(C(=O)NC(C(=O)N(C)C/C=C(\C)C(N)=O)C(C)(C)C)C(C)(C)c1cn(C)c2ccccc12. The summed E-state index contributed by atoms with van der Waals surface area (Å²) in [5.41, 5.74) is 6.71. The highest BCUT2D eigenvalue weighted by molar-refractivity contribution is 5.93. The van der Waals surface area contributed by atoms with Gasteiger partial charge in [0, 0.05) is 48.7 Å². The van der Waals surface area contributed by atoms with Crippen molar-refractivity contribution in [3.63, 3.8) is 0 Å². The molecule has 2 aromatic rings. The number of likely N-dealkylation sites (N-methyl/N-ethyl adjacent to an activating group) is 2. The predicted molar refractivity (Wildman–Crippen MR) is 141 cm³/mol.